The van der Waals surface area contributed by atoms with Crippen molar-refractivity contribution in [2.75, 3.05) is 5.32 Å². The van der Waals surface area contributed by atoms with Crippen LogP contribution in [0.2, 0.25) is 0 Å². The molecular weight excluding hydrogens is 318 g/mol. The molecule has 0 unspecified atom stereocenters. The fourth-order valence-electron chi connectivity index (χ4n) is 2.95. The van der Waals surface area contributed by atoms with Gasteiger partial charge in [0.05, 0.1) is 6.33 Å². The van der Waals surface area contributed by atoms with Crippen molar-refractivity contribution in [3.05, 3.63) is 54.7 Å². The Hall–Kier alpha value is -3.09. The van der Waals surface area contributed by atoms with Crippen molar-refractivity contribution < 1.29 is 9.53 Å². The highest BCUT2D eigenvalue weighted by Gasteiger charge is 2.35. The average Bonchev–Trinajstić information content (AvgIpc) is 3.20. The van der Waals surface area contributed by atoms with Crippen molar-refractivity contribution in [1.29, 1.82) is 0 Å². The minimum absolute atomic E-state index is 0.0513. The summed E-state index contributed by atoms with van der Waals surface area (Å²) >= 11 is 0. The highest BCUT2D eigenvalue weighted by atomic mass is 16.5. The summed E-state index contributed by atoms with van der Waals surface area (Å²) in [5.74, 6) is 1.31. The second-order valence-corrected chi connectivity index (χ2v) is 6.34. The summed E-state index contributed by atoms with van der Waals surface area (Å²) in [6, 6.07) is 9.50. The van der Waals surface area contributed by atoms with E-state index in [4.69, 9.17) is 4.74 Å². The van der Waals surface area contributed by atoms with E-state index in [0.717, 1.165) is 24.2 Å². The molecule has 0 radical (unpaired) electrons. The number of carbonyl (C=O) groups is 1. The lowest BCUT2D eigenvalue weighted by atomic mass is 9.79. The van der Waals surface area contributed by atoms with E-state index in [9.17, 15) is 4.79 Å². The van der Waals surface area contributed by atoms with E-state index in [0.29, 0.717) is 17.7 Å². The van der Waals surface area contributed by atoms with Crippen LogP contribution in [0.5, 0.6) is 11.6 Å². The molecule has 1 aromatic carbocycles. The summed E-state index contributed by atoms with van der Waals surface area (Å²) in [6.45, 7) is 1.91. The zero-order valence-electron chi connectivity index (χ0n) is 13.8. The highest BCUT2D eigenvalue weighted by molar-refractivity contribution is 5.93. The minimum Gasteiger partial charge on any atom is -0.438 e. The second-order valence-electron chi connectivity index (χ2n) is 6.34. The molecule has 2 aromatic heterocycles. The third kappa shape index (κ3) is 3.40. The Labute approximate surface area is 145 Å². The second kappa shape index (κ2) is 6.43. The van der Waals surface area contributed by atoms with Crippen LogP contribution in [0.3, 0.4) is 0 Å². The minimum atomic E-state index is 0.0513. The Morgan fingerprint density at radius 3 is 2.76 bits per heavy atom. The van der Waals surface area contributed by atoms with Gasteiger partial charge in [0.25, 0.3) is 0 Å². The Kier molecular flexibility index (Phi) is 3.97. The Balaban J connectivity index is 1.30. The first kappa shape index (κ1) is 15.4. The van der Waals surface area contributed by atoms with E-state index in [2.05, 4.69) is 25.1 Å². The summed E-state index contributed by atoms with van der Waals surface area (Å²) in [6.07, 6.45) is 7.21. The lowest BCUT2D eigenvalue weighted by Gasteiger charge is -2.34. The molecule has 7 nitrogen and oxygen atoms in total. The van der Waals surface area contributed by atoms with Gasteiger partial charge in [0.1, 0.15) is 5.75 Å². The number of anilines is 1. The van der Waals surface area contributed by atoms with Gasteiger partial charge in [-0.2, -0.15) is 0 Å². The quantitative estimate of drug-likeness (QED) is 0.748. The predicted octanol–water partition coefficient (Wildman–Crippen LogP) is 3.30. The summed E-state index contributed by atoms with van der Waals surface area (Å²) in [4.78, 5) is 16.4. The topological polar surface area (TPSA) is 84.8 Å². The molecule has 0 atom stereocenters. The Morgan fingerprint density at radius 2 is 2.12 bits per heavy atom. The van der Waals surface area contributed by atoms with Gasteiger partial charge in [0.2, 0.25) is 11.8 Å². The molecule has 3 aromatic rings. The molecule has 0 bridgehead atoms. The average molecular weight is 337 g/mol. The number of carbonyl (C=O) groups excluding carboxylic acids is 1. The largest absolute Gasteiger partial charge is 0.438 e. The third-order valence-corrected chi connectivity index (χ3v) is 4.46. The number of imidazole rings is 1. The molecule has 1 aliphatic rings. The third-order valence-electron chi connectivity index (χ3n) is 4.46. The van der Waals surface area contributed by atoms with Crippen molar-refractivity contribution in [2.24, 2.45) is 5.92 Å². The van der Waals surface area contributed by atoms with E-state index in [1.54, 1.807) is 12.5 Å². The maximum atomic E-state index is 12.3. The zero-order chi connectivity index (χ0) is 17.2. The molecule has 1 fully saturated rings. The van der Waals surface area contributed by atoms with Crippen molar-refractivity contribution in [1.82, 2.24) is 19.7 Å². The first-order valence-corrected chi connectivity index (χ1v) is 8.25. The van der Waals surface area contributed by atoms with Crippen LogP contribution >= 0.6 is 0 Å². The van der Waals surface area contributed by atoms with Gasteiger partial charge in [-0.05, 0) is 44.0 Å². The molecule has 7 heteroatoms. The van der Waals surface area contributed by atoms with E-state index >= 15 is 0 Å². The fourth-order valence-corrected chi connectivity index (χ4v) is 2.95. The summed E-state index contributed by atoms with van der Waals surface area (Å²) in [5.41, 5.74) is 1.70. The maximum Gasteiger partial charge on any atom is 0.238 e. The number of nitrogens with zero attached hydrogens (tertiary/aromatic N) is 3. The molecule has 0 saturated heterocycles. The van der Waals surface area contributed by atoms with E-state index < -0.39 is 0 Å². The lowest BCUT2D eigenvalue weighted by molar-refractivity contribution is -0.123. The van der Waals surface area contributed by atoms with E-state index in [1.807, 2.05) is 43.5 Å². The van der Waals surface area contributed by atoms with Gasteiger partial charge in [0.15, 0.2) is 0 Å². The van der Waals surface area contributed by atoms with Crippen molar-refractivity contribution in [2.45, 2.75) is 25.8 Å². The summed E-state index contributed by atoms with van der Waals surface area (Å²) < 4.78 is 7.69. The number of ether oxygens (including phenoxy) is 1. The number of aromatic nitrogens is 4. The van der Waals surface area contributed by atoms with Crippen LogP contribution in [0.15, 0.2) is 49.1 Å². The molecular formula is C18H19N5O2. The normalized spacial score (nSPS) is 19.2. The fraction of sp³-hybridized carbons (Fsp3) is 0.278. The molecule has 128 valence electrons. The molecule has 2 heterocycles. The first-order valence-electron chi connectivity index (χ1n) is 8.25. The number of hydrogen-bond donors (Lipinski definition) is 2. The van der Waals surface area contributed by atoms with Crippen LogP contribution in [0.4, 0.5) is 5.69 Å². The van der Waals surface area contributed by atoms with Gasteiger partial charge in [0, 0.05) is 41.8 Å². The molecule has 25 heavy (non-hydrogen) atoms. The number of hydrogen-bond acceptors (Lipinski definition) is 4. The predicted molar refractivity (Wildman–Crippen MR) is 92.5 cm³/mol. The smallest absolute Gasteiger partial charge is 0.238 e. The molecule has 4 rings (SSSR count). The summed E-state index contributed by atoms with van der Waals surface area (Å²) in [5, 5.41) is 9.82. The number of rotatable bonds is 5. The Morgan fingerprint density at radius 1 is 1.32 bits per heavy atom. The van der Waals surface area contributed by atoms with Crippen molar-refractivity contribution in [3.63, 3.8) is 0 Å². The molecule has 1 saturated carbocycles. The van der Waals surface area contributed by atoms with Crippen LogP contribution in [0.1, 0.15) is 24.6 Å². The van der Waals surface area contributed by atoms with Gasteiger partial charge >= 0.3 is 0 Å². The molecule has 0 spiro atoms. The summed E-state index contributed by atoms with van der Waals surface area (Å²) in [7, 11) is 0. The van der Waals surface area contributed by atoms with Gasteiger partial charge in [-0.3, -0.25) is 9.89 Å². The lowest BCUT2D eigenvalue weighted by Crippen LogP contribution is -2.35. The SMILES string of the molecule is Cc1cc(Oc2ccc(NC(=O)C3CC(n4ccnc4)C3)cc2)n[nH]1. The van der Waals surface area contributed by atoms with Crippen LogP contribution in [-0.2, 0) is 4.79 Å². The number of benzene rings is 1. The van der Waals surface area contributed by atoms with Gasteiger partial charge in [-0.15, -0.1) is 5.10 Å². The number of amides is 1. The number of nitrogens with one attached hydrogen (secondary N) is 2. The zero-order valence-corrected chi connectivity index (χ0v) is 13.8. The Bertz CT molecular complexity index is 848. The van der Waals surface area contributed by atoms with Crippen LogP contribution in [-0.4, -0.2) is 25.7 Å². The maximum absolute atomic E-state index is 12.3. The van der Waals surface area contributed by atoms with E-state index in [-0.39, 0.29) is 11.8 Å². The van der Waals surface area contributed by atoms with Crippen LogP contribution < -0.4 is 10.1 Å². The standard InChI is InChI=1S/C18H19N5O2/c1-12-8-17(22-21-12)25-16-4-2-14(3-5-16)20-18(24)13-9-15(10-13)23-7-6-19-11-23/h2-8,11,13,15H,9-10H2,1H3,(H,20,24)(H,21,22). The van der Waals surface area contributed by atoms with E-state index in [1.165, 1.54) is 0 Å². The number of aromatic amines is 1. The van der Waals surface area contributed by atoms with Crippen molar-refractivity contribution in [3.8, 4) is 11.6 Å². The van der Waals surface area contributed by atoms with Gasteiger partial charge in [-0.25, -0.2) is 4.98 Å². The molecule has 1 aliphatic carbocycles. The molecule has 1 amide bonds. The number of aryl methyl sites for hydroxylation is 1. The molecule has 0 aliphatic heterocycles. The van der Waals surface area contributed by atoms with Gasteiger partial charge < -0.3 is 14.6 Å². The van der Waals surface area contributed by atoms with Crippen molar-refractivity contribution >= 4 is 11.6 Å². The number of H-pyrrole nitrogens is 1. The van der Waals surface area contributed by atoms with Gasteiger partial charge in [-0.1, -0.05) is 0 Å². The van der Waals surface area contributed by atoms with Crippen LogP contribution in [0.25, 0.3) is 0 Å². The van der Waals surface area contributed by atoms with Crippen LogP contribution in [0, 0.1) is 12.8 Å². The molecule has 2 N–H and O–H groups in total. The monoisotopic (exact) mass is 337 g/mol. The first-order chi connectivity index (χ1) is 12.2. The highest BCUT2D eigenvalue weighted by Crippen LogP contribution is 2.38.